The van der Waals surface area contributed by atoms with Gasteiger partial charge in [-0.1, -0.05) is 11.8 Å². The van der Waals surface area contributed by atoms with Crippen LogP contribution in [-0.4, -0.2) is 50.0 Å². The molecule has 0 saturated carbocycles. The number of aliphatic hydroxyl groups is 1. The lowest BCUT2D eigenvalue weighted by Gasteiger charge is -2.22. The number of hydrogen-bond donors (Lipinski definition) is 1. The molecule has 2 aromatic carbocycles. The van der Waals surface area contributed by atoms with E-state index in [9.17, 15) is 9.90 Å². The molecule has 180 valence electrons. The van der Waals surface area contributed by atoms with Crippen LogP contribution in [0.2, 0.25) is 0 Å². The number of aliphatic imine (C=N–C) groups is 1. The molecule has 1 aliphatic rings. The van der Waals surface area contributed by atoms with Gasteiger partial charge in [0.05, 0.1) is 31.4 Å². The van der Waals surface area contributed by atoms with Gasteiger partial charge in [0.25, 0.3) is 0 Å². The molecule has 0 unspecified atom stereocenters. The summed E-state index contributed by atoms with van der Waals surface area (Å²) in [7, 11) is 3.20. The molecule has 0 saturated heterocycles. The maximum absolute atomic E-state index is 12.7. The van der Waals surface area contributed by atoms with Crippen molar-refractivity contribution in [2.24, 2.45) is 4.99 Å². The molecule has 1 N–H and O–H groups in total. The maximum Gasteiger partial charge on any atom is 0.344 e. The molecule has 0 aromatic heterocycles. The maximum atomic E-state index is 12.7. The Morgan fingerprint density at radius 3 is 2.35 bits per heavy atom. The zero-order chi connectivity index (χ0) is 24.7. The topological polar surface area (TPSA) is 80.6 Å². The normalized spacial score (nSPS) is 15.7. The summed E-state index contributed by atoms with van der Waals surface area (Å²) in [5, 5.41) is 11.3. The first-order valence-corrected chi connectivity index (χ1v) is 11.9. The van der Waals surface area contributed by atoms with E-state index in [1.54, 1.807) is 51.5 Å². The van der Waals surface area contributed by atoms with E-state index in [2.05, 4.69) is 23.7 Å². The van der Waals surface area contributed by atoms with Gasteiger partial charge in [0.15, 0.2) is 0 Å². The molecule has 7 nitrogen and oxygen atoms in total. The molecule has 0 radical (unpaired) electrons. The molecule has 2 aromatic rings. The van der Waals surface area contributed by atoms with Crippen molar-refractivity contribution in [2.75, 3.05) is 38.8 Å². The third-order valence-corrected chi connectivity index (χ3v) is 6.33. The summed E-state index contributed by atoms with van der Waals surface area (Å²) in [5.41, 5.74) is 2.51. The summed E-state index contributed by atoms with van der Waals surface area (Å²) >= 11 is 1.21. The number of esters is 1. The van der Waals surface area contributed by atoms with Gasteiger partial charge in [0.1, 0.15) is 27.9 Å². The Morgan fingerprint density at radius 1 is 1.06 bits per heavy atom. The van der Waals surface area contributed by atoms with Gasteiger partial charge in [-0.3, -0.25) is 0 Å². The third kappa shape index (κ3) is 5.56. The highest BCUT2D eigenvalue weighted by molar-refractivity contribution is 8.18. The van der Waals surface area contributed by atoms with Crippen molar-refractivity contribution in [3.63, 3.8) is 0 Å². The fourth-order valence-corrected chi connectivity index (χ4v) is 4.54. The van der Waals surface area contributed by atoms with Crippen molar-refractivity contribution in [1.82, 2.24) is 0 Å². The molecule has 1 heterocycles. The van der Waals surface area contributed by atoms with Crippen LogP contribution in [0.4, 0.5) is 11.4 Å². The molecule has 34 heavy (non-hydrogen) atoms. The van der Waals surface area contributed by atoms with E-state index < -0.39 is 5.97 Å². The van der Waals surface area contributed by atoms with Crippen LogP contribution in [0.3, 0.4) is 0 Å². The Balaban J connectivity index is 2.03. The Bertz CT molecular complexity index is 1120. The third-order valence-electron chi connectivity index (χ3n) is 5.31. The summed E-state index contributed by atoms with van der Waals surface area (Å²) < 4.78 is 16.0. The zero-order valence-corrected chi connectivity index (χ0v) is 20.9. The van der Waals surface area contributed by atoms with E-state index in [-0.39, 0.29) is 17.9 Å². The number of methoxy groups -OCH3 is 2. The van der Waals surface area contributed by atoms with Crippen molar-refractivity contribution >= 4 is 40.2 Å². The van der Waals surface area contributed by atoms with Crippen LogP contribution in [-0.2, 0) is 9.53 Å². The van der Waals surface area contributed by atoms with Crippen LogP contribution >= 0.6 is 11.8 Å². The second kappa shape index (κ2) is 11.7. The van der Waals surface area contributed by atoms with Gasteiger partial charge < -0.3 is 24.2 Å². The predicted octanol–water partition coefficient (Wildman–Crippen LogP) is 5.74. The Kier molecular flexibility index (Phi) is 8.65. The Labute approximate surface area is 204 Å². The van der Waals surface area contributed by atoms with Crippen LogP contribution in [0, 0.1) is 0 Å². The average molecular weight is 483 g/mol. The predicted molar refractivity (Wildman–Crippen MR) is 138 cm³/mol. The molecule has 0 atom stereocenters. The number of anilines is 1. The molecule has 0 spiro atoms. The van der Waals surface area contributed by atoms with E-state index >= 15 is 0 Å². The van der Waals surface area contributed by atoms with Crippen molar-refractivity contribution < 1.29 is 24.1 Å². The van der Waals surface area contributed by atoms with E-state index in [0.717, 1.165) is 24.3 Å². The first-order chi connectivity index (χ1) is 16.4. The molecule has 0 fully saturated rings. The number of carbonyl (C=O) groups excluding carboxylic acids is 1. The monoisotopic (exact) mass is 482 g/mol. The van der Waals surface area contributed by atoms with Crippen LogP contribution in [0.25, 0.3) is 6.08 Å². The van der Waals surface area contributed by atoms with Crippen LogP contribution in [0.15, 0.2) is 63.7 Å². The number of ether oxygens (including phenoxy) is 3. The minimum absolute atomic E-state index is 0.0487. The number of hydrogen-bond acceptors (Lipinski definition) is 8. The van der Waals surface area contributed by atoms with Crippen LogP contribution in [0.1, 0.15) is 26.3 Å². The lowest BCUT2D eigenvalue weighted by atomic mass is 10.1. The number of nitrogens with zero attached hydrogens (tertiary/aromatic N) is 2. The highest BCUT2D eigenvalue weighted by Gasteiger charge is 2.33. The zero-order valence-electron chi connectivity index (χ0n) is 20.1. The van der Waals surface area contributed by atoms with E-state index in [4.69, 9.17) is 14.2 Å². The molecule has 0 amide bonds. The fourth-order valence-electron chi connectivity index (χ4n) is 3.51. The first-order valence-electron chi connectivity index (χ1n) is 11.1. The van der Waals surface area contributed by atoms with Crippen molar-refractivity contribution in [1.29, 1.82) is 0 Å². The second-order valence-corrected chi connectivity index (χ2v) is 8.30. The average Bonchev–Trinajstić information content (AvgIpc) is 3.15. The lowest BCUT2D eigenvalue weighted by molar-refractivity contribution is -0.138. The molecule has 0 bridgehead atoms. The first kappa shape index (κ1) is 25.2. The van der Waals surface area contributed by atoms with Crippen molar-refractivity contribution in [2.45, 2.75) is 20.8 Å². The summed E-state index contributed by atoms with van der Waals surface area (Å²) in [5.74, 6) is 0.592. The van der Waals surface area contributed by atoms with Gasteiger partial charge in [-0.2, -0.15) is 0 Å². The van der Waals surface area contributed by atoms with Crippen LogP contribution < -0.4 is 14.4 Å². The van der Waals surface area contributed by atoms with Crippen molar-refractivity contribution in [3.8, 4) is 11.5 Å². The van der Waals surface area contributed by atoms with Gasteiger partial charge in [-0.25, -0.2) is 9.79 Å². The van der Waals surface area contributed by atoms with Gasteiger partial charge in [0, 0.05) is 30.4 Å². The van der Waals surface area contributed by atoms with Crippen molar-refractivity contribution in [3.05, 3.63) is 64.3 Å². The second-order valence-electron chi connectivity index (χ2n) is 7.27. The van der Waals surface area contributed by atoms with E-state index in [1.807, 2.05) is 18.2 Å². The quantitative estimate of drug-likeness (QED) is 0.456. The number of rotatable bonds is 9. The largest absolute Gasteiger partial charge is 0.506 e. The SMILES string of the molecule is CCOC(=O)C1=C(O)/C(=C\c2ccc(N(CC)CC)cc2OC)SC1=Nc1ccc(OC)cc1. The number of thioether (sulfide) groups is 1. The number of benzene rings is 2. The number of aliphatic hydroxyl groups excluding tert-OH is 1. The smallest absolute Gasteiger partial charge is 0.344 e. The highest BCUT2D eigenvalue weighted by Crippen LogP contribution is 2.41. The minimum atomic E-state index is -0.619. The molecular formula is C26H30N2O5S. The van der Waals surface area contributed by atoms with E-state index in [0.29, 0.717) is 27.1 Å². The summed E-state index contributed by atoms with van der Waals surface area (Å²) in [6.07, 6.45) is 1.79. The fraction of sp³-hybridized carbons (Fsp3) is 0.308. The molecule has 1 aliphatic heterocycles. The van der Waals surface area contributed by atoms with Gasteiger partial charge in [0.2, 0.25) is 0 Å². The molecule has 8 heteroatoms. The summed E-state index contributed by atoms with van der Waals surface area (Å²) in [6, 6.07) is 13.1. The van der Waals surface area contributed by atoms with Gasteiger partial charge in [-0.05, 0) is 63.2 Å². The van der Waals surface area contributed by atoms with E-state index in [1.165, 1.54) is 11.8 Å². The standard InChI is InChI=1S/C26H30N2O5S/c1-6-28(7-2)19-12-9-17(21(16-19)32-5)15-22-24(29)23(26(30)33-8-3)25(34-22)27-18-10-13-20(31-4)14-11-18/h9-16,29H,6-8H2,1-5H3/b22-15+,27-25?. The lowest BCUT2D eigenvalue weighted by Crippen LogP contribution is -2.21. The number of carbonyl (C=O) groups is 1. The molecule has 0 aliphatic carbocycles. The highest BCUT2D eigenvalue weighted by atomic mass is 32.2. The Hall–Kier alpha value is -3.39. The summed E-state index contributed by atoms with van der Waals surface area (Å²) in [4.78, 5) is 20.0. The minimum Gasteiger partial charge on any atom is -0.506 e. The molecule has 3 rings (SSSR count). The van der Waals surface area contributed by atoms with Crippen LogP contribution in [0.5, 0.6) is 11.5 Å². The van der Waals surface area contributed by atoms with Gasteiger partial charge >= 0.3 is 5.97 Å². The molecular weight excluding hydrogens is 452 g/mol. The summed E-state index contributed by atoms with van der Waals surface area (Å²) in [6.45, 7) is 7.88. The Morgan fingerprint density at radius 2 is 1.76 bits per heavy atom. The van der Waals surface area contributed by atoms with Gasteiger partial charge in [-0.15, -0.1) is 0 Å².